The number of halogens is 1. The van der Waals surface area contributed by atoms with E-state index in [9.17, 15) is 0 Å². The zero-order valence-corrected chi connectivity index (χ0v) is 9.21. The van der Waals surface area contributed by atoms with E-state index in [4.69, 9.17) is 6.42 Å². The molecule has 13 heavy (non-hydrogen) atoms. The van der Waals surface area contributed by atoms with Crippen molar-refractivity contribution in [3.8, 4) is 12.3 Å². The molecule has 0 aliphatic heterocycles. The van der Waals surface area contributed by atoms with Crippen molar-refractivity contribution >= 4 is 21.6 Å². The average Bonchev–Trinajstić information content (AvgIpc) is 2.16. The van der Waals surface area contributed by atoms with Crippen LogP contribution in [-0.2, 0) is 0 Å². The van der Waals surface area contributed by atoms with Gasteiger partial charge in [-0.1, -0.05) is 21.9 Å². The van der Waals surface area contributed by atoms with Crippen LogP contribution in [0.4, 0.5) is 5.69 Å². The van der Waals surface area contributed by atoms with Crippen molar-refractivity contribution in [3.63, 3.8) is 0 Å². The van der Waals surface area contributed by atoms with Gasteiger partial charge in [-0.3, -0.25) is 0 Å². The molecule has 2 heteroatoms. The molecule has 0 atom stereocenters. The molecule has 0 aliphatic carbocycles. The van der Waals surface area contributed by atoms with Gasteiger partial charge in [0.25, 0.3) is 0 Å². The van der Waals surface area contributed by atoms with Gasteiger partial charge in [0.1, 0.15) is 0 Å². The van der Waals surface area contributed by atoms with Crippen molar-refractivity contribution < 1.29 is 0 Å². The van der Waals surface area contributed by atoms with Gasteiger partial charge in [0.2, 0.25) is 0 Å². The summed E-state index contributed by atoms with van der Waals surface area (Å²) < 4.78 is 1.09. The monoisotopic (exact) mass is 237 g/mol. The van der Waals surface area contributed by atoms with E-state index in [0.717, 1.165) is 11.0 Å². The molecule has 0 bridgehead atoms. The molecule has 68 valence electrons. The molecule has 0 saturated heterocycles. The zero-order valence-electron chi connectivity index (χ0n) is 7.63. The maximum atomic E-state index is 5.27. The number of terminal acetylenes is 1. The first-order chi connectivity index (χ1) is 6.27. The quantitative estimate of drug-likeness (QED) is 0.732. The summed E-state index contributed by atoms with van der Waals surface area (Å²) >= 11 is 3.40. The van der Waals surface area contributed by atoms with Crippen molar-refractivity contribution in [1.29, 1.82) is 0 Å². The number of hydrogen-bond donors (Lipinski definition) is 0. The zero-order chi connectivity index (χ0) is 9.68. The van der Waals surface area contributed by atoms with E-state index in [1.54, 1.807) is 0 Å². The number of nitrogens with zero attached hydrogens (tertiary/aromatic N) is 1. The lowest BCUT2D eigenvalue weighted by molar-refractivity contribution is 0.918. The third-order valence-electron chi connectivity index (χ3n) is 1.86. The highest BCUT2D eigenvalue weighted by atomic mass is 79.9. The molecule has 0 heterocycles. The van der Waals surface area contributed by atoms with Crippen LogP contribution in [0.5, 0.6) is 0 Å². The van der Waals surface area contributed by atoms with Crippen LogP contribution in [0, 0.1) is 12.3 Å². The number of anilines is 1. The smallest absolute Gasteiger partial charge is 0.0791 e. The van der Waals surface area contributed by atoms with Gasteiger partial charge in [-0.25, -0.2) is 0 Å². The first-order valence-electron chi connectivity index (χ1n) is 4.22. The molecular formula is C11H12BrN. The maximum Gasteiger partial charge on any atom is 0.0791 e. The molecular weight excluding hydrogens is 226 g/mol. The number of rotatable bonds is 3. The normalized spacial score (nSPS) is 9.31. The lowest BCUT2D eigenvalue weighted by Gasteiger charge is -2.19. The average molecular weight is 238 g/mol. The molecule has 0 unspecified atom stereocenters. The van der Waals surface area contributed by atoms with E-state index in [1.807, 2.05) is 12.1 Å². The highest BCUT2D eigenvalue weighted by molar-refractivity contribution is 9.10. The fourth-order valence-corrected chi connectivity index (χ4v) is 1.41. The van der Waals surface area contributed by atoms with Crippen LogP contribution in [0.3, 0.4) is 0 Å². The molecule has 0 aromatic heterocycles. The molecule has 1 aromatic rings. The molecule has 0 N–H and O–H groups in total. The Morgan fingerprint density at radius 2 is 2.00 bits per heavy atom. The topological polar surface area (TPSA) is 3.24 Å². The van der Waals surface area contributed by atoms with Gasteiger partial charge in [0.05, 0.1) is 6.54 Å². The van der Waals surface area contributed by atoms with Crippen LogP contribution < -0.4 is 4.90 Å². The highest BCUT2D eigenvalue weighted by Gasteiger charge is 2.00. The first kappa shape index (κ1) is 10.1. The molecule has 0 saturated carbocycles. The van der Waals surface area contributed by atoms with Crippen molar-refractivity contribution in [2.24, 2.45) is 0 Å². The third-order valence-corrected chi connectivity index (χ3v) is 2.38. The van der Waals surface area contributed by atoms with Crippen molar-refractivity contribution in [3.05, 3.63) is 28.7 Å². The van der Waals surface area contributed by atoms with E-state index in [-0.39, 0.29) is 0 Å². The lowest BCUT2D eigenvalue weighted by Crippen LogP contribution is -2.22. The summed E-state index contributed by atoms with van der Waals surface area (Å²) in [6, 6.07) is 8.17. The molecule has 1 nitrogen and oxygen atoms in total. The van der Waals surface area contributed by atoms with Crippen LogP contribution in [0.25, 0.3) is 0 Å². The number of hydrogen-bond acceptors (Lipinski definition) is 1. The van der Waals surface area contributed by atoms with Crippen molar-refractivity contribution in [1.82, 2.24) is 0 Å². The Morgan fingerprint density at radius 1 is 1.38 bits per heavy atom. The van der Waals surface area contributed by atoms with Gasteiger partial charge in [-0.2, -0.15) is 0 Å². The minimum Gasteiger partial charge on any atom is -0.361 e. The number of benzene rings is 1. The first-order valence-corrected chi connectivity index (χ1v) is 5.01. The molecule has 1 aromatic carbocycles. The molecule has 0 spiro atoms. The van der Waals surface area contributed by atoms with Crippen molar-refractivity contribution in [2.45, 2.75) is 6.92 Å². The SMILES string of the molecule is C#CCN(CC)c1ccc(Br)cc1. The summed E-state index contributed by atoms with van der Waals surface area (Å²) in [4.78, 5) is 2.15. The van der Waals surface area contributed by atoms with Gasteiger partial charge in [-0.15, -0.1) is 6.42 Å². The molecule has 0 fully saturated rings. The largest absolute Gasteiger partial charge is 0.361 e. The molecule has 1 rings (SSSR count). The van der Waals surface area contributed by atoms with E-state index in [1.165, 1.54) is 5.69 Å². The Hall–Kier alpha value is -0.940. The minimum atomic E-state index is 0.665. The summed E-state index contributed by atoms with van der Waals surface area (Å²) in [5, 5.41) is 0. The molecule has 0 amide bonds. The Labute approximate surface area is 87.9 Å². The fraction of sp³-hybridized carbons (Fsp3) is 0.273. The van der Waals surface area contributed by atoms with Gasteiger partial charge in [0.15, 0.2) is 0 Å². The van der Waals surface area contributed by atoms with E-state index in [2.05, 4.69) is 45.8 Å². The van der Waals surface area contributed by atoms with Crippen molar-refractivity contribution in [2.75, 3.05) is 18.0 Å². The lowest BCUT2D eigenvalue weighted by atomic mass is 10.3. The molecule has 0 radical (unpaired) electrons. The predicted octanol–water partition coefficient (Wildman–Crippen LogP) is 2.91. The standard InChI is InChI=1S/C11H12BrN/c1-3-9-13(4-2)11-7-5-10(12)6-8-11/h1,5-8H,4,9H2,2H3. The summed E-state index contributed by atoms with van der Waals surface area (Å²) in [5.74, 6) is 2.65. The summed E-state index contributed by atoms with van der Waals surface area (Å²) in [5.41, 5.74) is 1.17. The Balaban J connectivity index is 2.80. The van der Waals surface area contributed by atoms with Gasteiger partial charge in [0, 0.05) is 16.7 Å². The van der Waals surface area contributed by atoms with Gasteiger partial charge < -0.3 is 4.90 Å². The summed E-state index contributed by atoms with van der Waals surface area (Å²) in [6.45, 7) is 3.70. The Morgan fingerprint density at radius 3 is 2.46 bits per heavy atom. The van der Waals surface area contributed by atoms with Crippen LogP contribution in [0.2, 0.25) is 0 Å². The predicted molar refractivity (Wildman–Crippen MR) is 60.9 cm³/mol. The van der Waals surface area contributed by atoms with E-state index >= 15 is 0 Å². The van der Waals surface area contributed by atoms with Crippen LogP contribution in [-0.4, -0.2) is 13.1 Å². The summed E-state index contributed by atoms with van der Waals surface area (Å²) in [7, 11) is 0. The second-order valence-electron chi connectivity index (χ2n) is 2.69. The van der Waals surface area contributed by atoms with Gasteiger partial charge in [-0.05, 0) is 31.2 Å². The third kappa shape index (κ3) is 2.78. The van der Waals surface area contributed by atoms with Gasteiger partial charge >= 0.3 is 0 Å². The Bertz CT molecular complexity index is 297. The second-order valence-corrected chi connectivity index (χ2v) is 3.61. The maximum absolute atomic E-state index is 5.27. The van der Waals surface area contributed by atoms with Crippen LogP contribution in [0.15, 0.2) is 28.7 Å². The Kier molecular flexibility index (Phi) is 3.85. The van der Waals surface area contributed by atoms with E-state index in [0.29, 0.717) is 6.54 Å². The highest BCUT2D eigenvalue weighted by Crippen LogP contribution is 2.17. The summed E-state index contributed by atoms with van der Waals surface area (Å²) in [6.07, 6.45) is 5.27. The van der Waals surface area contributed by atoms with Crippen LogP contribution >= 0.6 is 15.9 Å². The minimum absolute atomic E-state index is 0.665. The second kappa shape index (κ2) is 4.94. The van der Waals surface area contributed by atoms with Crippen LogP contribution in [0.1, 0.15) is 6.92 Å². The van der Waals surface area contributed by atoms with E-state index < -0.39 is 0 Å². The fourth-order valence-electron chi connectivity index (χ4n) is 1.15. The molecule has 0 aliphatic rings.